The summed E-state index contributed by atoms with van der Waals surface area (Å²) in [7, 11) is 0. The van der Waals surface area contributed by atoms with Gasteiger partial charge in [0.2, 0.25) is 11.5 Å². The third-order valence-electron chi connectivity index (χ3n) is 5.45. The van der Waals surface area contributed by atoms with E-state index in [1.807, 2.05) is 19.9 Å². The van der Waals surface area contributed by atoms with Crippen LogP contribution in [0.3, 0.4) is 0 Å². The van der Waals surface area contributed by atoms with Crippen molar-refractivity contribution in [1.29, 1.82) is 0 Å². The summed E-state index contributed by atoms with van der Waals surface area (Å²) in [5.41, 5.74) is 5.46. The molecule has 30 heavy (non-hydrogen) atoms. The van der Waals surface area contributed by atoms with E-state index in [-0.39, 0.29) is 23.1 Å². The molecule has 0 saturated carbocycles. The number of carbonyl (C=O) groups excluding carboxylic acids is 1. The van der Waals surface area contributed by atoms with Gasteiger partial charge >= 0.3 is 5.97 Å². The second-order valence-corrected chi connectivity index (χ2v) is 7.47. The molecule has 4 rings (SSSR count). The van der Waals surface area contributed by atoms with Crippen LogP contribution in [-0.4, -0.2) is 37.2 Å². The van der Waals surface area contributed by atoms with Crippen molar-refractivity contribution in [3.63, 3.8) is 0 Å². The summed E-state index contributed by atoms with van der Waals surface area (Å²) >= 11 is 6.16. The molecule has 1 aliphatic rings. The van der Waals surface area contributed by atoms with Gasteiger partial charge in [-0.1, -0.05) is 49.6 Å². The van der Waals surface area contributed by atoms with Crippen molar-refractivity contribution in [3.8, 4) is 12.3 Å². The van der Waals surface area contributed by atoms with Gasteiger partial charge in [-0.15, -0.1) is 6.42 Å². The van der Waals surface area contributed by atoms with Gasteiger partial charge in [-0.3, -0.25) is 4.57 Å². The van der Waals surface area contributed by atoms with Crippen molar-refractivity contribution >= 4 is 34.7 Å². The molecule has 1 saturated heterocycles. The van der Waals surface area contributed by atoms with E-state index in [2.05, 4.69) is 20.9 Å². The highest BCUT2D eigenvalue weighted by Gasteiger charge is 2.57. The fourth-order valence-electron chi connectivity index (χ4n) is 3.84. The molecule has 0 bridgehead atoms. The van der Waals surface area contributed by atoms with E-state index in [9.17, 15) is 4.79 Å². The first-order valence-electron chi connectivity index (χ1n) is 9.48. The number of imidazole rings is 1. The molecule has 3 heterocycles. The first-order valence-corrected chi connectivity index (χ1v) is 9.86. The fraction of sp³-hybridized carbons (Fsp3) is 0.333. The summed E-state index contributed by atoms with van der Waals surface area (Å²) in [5.74, 6) is 1.85. The normalized spacial score (nSPS) is 25.9. The molecule has 1 aliphatic heterocycles. The molecule has 9 heteroatoms. The Labute approximate surface area is 178 Å². The lowest BCUT2D eigenvalue weighted by Crippen LogP contribution is -2.44. The molecule has 2 aromatic heterocycles. The van der Waals surface area contributed by atoms with Crippen molar-refractivity contribution in [2.45, 2.75) is 38.2 Å². The predicted molar refractivity (Wildman–Crippen MR) is 112 cm³/mol. The third kappa shape index (κ3) is 3.07. The predicted octanol–water partition coefficient (Wildman–Crippen LogP) is 3.23. The lowest BCUT2D eigenvalue weighted by molar-refractivity contribution is -0.0754. The van der Waals surface area contributed by atoms with Gasteiger partial charge in [0, 0.05) is 5.92 Å². The Kier molecular flexibility index (Phi) is 5.10. The van der Waals surface area contributed by atoms with Crippen LogP contribution in [0, 0.1) is 18.3 Å². The number of terminal acetylenes is 1. The average molecular weight is 426 g/mol. The number of benzene rings is 1. The second kappa shape index (κ2) is 7.59. The number of esters is 1. The number of nitrogen functional groups attached to an aromatic ring is 1. The number of ether oxygens (including phenoxy) is 2. The van der Waals surface area contributed by atoms with Gasteiger partial charge in [0.1, 0.15) is 5.52 Å². The maximum atomic E-state index is 12.9. The largest absolute Gasteiger partial charge is 0.437 e. The standard InChI is InChI=1S/C21H20ClN5O3/c1-4-14-12(3)21(5-2,30-18(28)13-9-7-6-8-10-13)19(29-14)27-11-24-15-16(22)25-20(23)26-17(15)27/h2,6-12,14,19H,4H2,1,3H3,(H2,23,25,26)/t12-,14-,19?,21-/m1/s1. The minimum atomic E-state index is -1.40. The zero-order chi connectivity index (χ0) is 21.5. The highest BCUT2D eigenvalue weighted by molar-refractivity contribution is 6.33. The Morgan fingerprint density at radius 3 is 2.80 bits per heavy atom. The number of anilines is 1. The summed E-state index contributed by atoms with van der Waals surface area (Å²) < 4.78 is 13.8. The lowest BCUT2D eigenvalue weighted by Gasteiger charge is -2.32. The van der Waals surface area contributed by atoms with Gasteiger partial charge in [-0.05, 0) is 18.6 Å². The molecular weight excluding hydrogens is 406 g/mol. The van der Waals surface area contributed by atoms with E-state index in [1.165, 1.54) is 6.33 Å². The maximum Gasteiger partial charge on any atom is 0.339 e. The summed E-state index contributed by atoms with van der Waals surface area (Å²) in [6.07, 6.45) is 7.02. The van der Waals surface area contributed by atoms with Gasteiger partial charge < -0.3 is 15.2 Å². The SMILES string of the molecule is C#C[C@]1(OC(=O)c2ccccc2)C(n2cnc3c(Cl)nc(N)nc32)O[C@H](CC)[C@H]1C. The highest BCUT2D eigenvalue weighted by atomic mass is 35.5. The van der Waals surface area contributed by atoms with Crippen molar-refractivity contribution in [2.24, 2.45) is 5.92 Å². The molecular formula is C21H20ClN5O3. The minimum absolute atomic E-state index is 0.0140. The Bertz CT molecular complexity index is 1140. The zero-order valence-corrected chi connectivity index (χ0v) is 17.2. The molecule has 154 valence electrons. The monoisotopic (exact) mass is 425 g/mol. The number of rotatable bonds is 4. The maximum absolute atomic E-state index is 12.9. The van der Waals surface area contributed by atoms with E-state index in [1.54, 1.807) is 28.8 Å². The Hall–Kier alpha value is -3.15. The van der Waals surface area contributed by atoms with Crippen LogP contribution in [0.4, 0.5) is 5.95 Å². The van der Waals surface area contributed by atoms with Gasteiger partial charge in [0.15, 0.2) is 17.0 Å². The van der Waals surface area contributed by atoms with Gasteiger partial charge in [-0.2, -0.15) is 9.97 Å². The number of halogens is 1. The summed E-state index contributed by atoms with van der Waals surface area (Å²) in [6, 6.07) is 8.66. The molecule has 2 N–H and O–H groups in total. The van der Waals surface area contributed by atoms with Crippen molar-refractivity contribution in [1.82, 2.24) is 19.5 Å². The first-order chi connectivity index (χ1) is 14.4. The summed E-state index contributed by atoms with van der Waals surface area (Å²) in [4.78, 5) is 25.4. The molecule has 4 atom stereocenters. The van der Waals surface area contributed by atoms with Crippen molar-refractivity contribution in [2.75, 3.05) is 5.73 Å². The average Bonchev–Trinajstić information content (AvgIpc) is 3.28. The van der Waals surface area contributed by atoms with Crippen LogP contribution in [-0.2, 0) is 9.47 Å². The number of nitrogens with zero attached hydrogens (tertiary/aromatic N) is 4. The number of aromatic nitrogens is 4. The van der Waals surface area contributed by atoms with E-state index in [4.69, 9.17) is 33.2 Å². The van der Waals surface area contributed by atoms with Crippen LogP contribution < -0.4 is 5.73 Å². The van der Waals surface area contributed by atoms with Gasteiger partial charge in [-0.25, -0.2) is 9.78 Å². The fourth-order valence-corrected chi connectivity index (χ4v) is 4.06. The second-order valence-electron chi connectivity index (χ2n) is 7.11. The molecule has 3 aromatic rings. The topological polar surface area (TPSA) is 105 Å². The van der Waals surface area contributed by atoms with E-state index in [0.717, 1.165) is 0 Å². The molecule has 0 amide bonds. The number of nitrogens with two attached hydrogens (primary N) is 1. The molecule has 0 spiro atoms. The molecule has 0 radical (unpaired) electrons. The van der Waals surface area contributed by atoms with Crippen LogP contribution in [0.2, 0.25) is 5.15 Å². The Morgan fingerprint density at radius 2 is 2.13 bits per heavy atom. The van der Waals surface area contributed by atoms with Crippen LogP contribution in [0.1, 0.15) is 36.9 Å². The third-order valence-corrected chi connectivity index (χ3v) is 5.72. The Balaban J connectivity index is 1.83. The van der Waals surface area contributed by atoms with Crippen LogP contribution >= 0.6 is 11.6 Å². The van der Waals surface area contributed by atoms with E-state index < -0.39 is 17.8 Å². The molecule has 1 unspecified atom stereocenters. The zero-order valence-electron chi connectivity index (χ0n) is 16.4. The van der Waals surface area contributed by atoms with Gasteiger partial charge in [0.05, 0.1) is 18.0 Å². The molecule has 1 fully saturated rings. The molecule has 1 aromatic carbocycles. The van der Waals surface area contributed by atoms with Crippen LogP contribution in [0.15, 0.2) is 36.7 Å². The minimum Gasteiger partial charge on any atom is -0.437 e. The van der Waals surface area contributed by atoms with Crippen LogP contribution in [0.25, 0.3) is 11.2 Å². The first kappa shape index (κ1) is 20.1. The molecule has 0 aliphatic carbocycles. The van der Waals surface area contributed by atoms with E-state index in [0.29, 0.717) is 23.1 Å². The lowest BCUT2D eigenvalue weighted by atomic mass is 9.85. The molecule has 8 nitrogen and oxygen atoms in total. The van der Waals surface area contributed by atoms with Crippen LogP contribution in [0.5, 0.6) is 0 Å². The summed E-state index contributed by atoms with van der Waals surface area (Å²) in [5, 5.41) is 0.113. The smallest absolute Gasteiger partial charge is 0.339 e. The van der Waals surface area contributed by atoms with Crippen molar-refractivity contribution < 1.29 is 14.3 Å². The Morgan fingerprint density at radius 1 is 1.40 bits per heavy atom. The highest BCUT2D eigenvalue weighted by Crippen LogP contribution is 2.47. The van der Waals surface area contributed by atoms with Crippen molar-refractivity contribution in [3.05, 3.63) is 47.4 Å². The quantitative estimate of drug-likeness (QED) is 0.388. The number of hydrogen-bond donors (Lipinski definition) is 1. The summed E-state index contributed by atoms with van der Waals surface area (Å²) in [6.45, 7) is 3.88. The number of fused-ring (bicyclic) bond motifs is 1. The number of carbonyl (C=O) groups is 1. The van der Waals surface area contributed by atoms with E-state index >= 15 is 0 Å². The van der Waals surface area contributed by atoms with Gasteiger partial charge in [0.25, 0.3) is 0 Å². The number of hydrogen-bond acceptors (Lipinski definition) is 7.